The van der Waals surface area contributed by atoms with E-state index in [1.54, 1.807) is 0 Å². The molecule has 0 radical (unpaired) electrons. The average molecular weight is 244 g/mol. The number of hydrogen-bond donors (Lipinski definition) is 0. The van der Waals surface area contributed by atoms with Gasteiger partial charge in [-0.3, -0.25) is 0 Å². The predicted molar refractivity (Wildman–Crippen MR) is 57.5 cm³/mol. The fourth-order valence-electron chi connectivity index (χ4n) is 4.55. The van der Waals surface area contributed by atoms with E-state index in [0.29, 0.717) is 11.8 Å². The fourth-order valence-corrected chi connectivity index (χ4v) is 4.55. The smallest absolute Gasteiger partial charge is 0.374 e. The van der Waals surface area contributed by atoms with Crippen molar-refractivity contribution in [2.24, 2.45) is 23.7 Å². The van der Waals surface area contributed by atoms with Gasteiger partial charge in [-0.05, 0) is 62.7 Å². The first kappa shape index (κ1) is 11.4. The van der Waals surface area contributed by atoms with Gasteiger partial charge in [0.15, 0.2) is 0 Å². The summed E-state index contributed by atoms with van der Waals surface area (Å²) in [6.07, 6.45) is 2.52. The van der Waals surface area contributed by atoms with Gasteiger partial charge < -0.3 is 4.74 Å². The number of ether oxygens (including phenoxy) is 1. The quantitative estimate of drug-likeness (QED) is 0.698. The molecule has 0 atom stereocenters. The van der Waals surface area contributed by atoms with E-state index >= 15 is 0 Å². The minimum absolute atomic E-state index is 0.307. The lowest BCUT2D eigenvalue weighted by atomic mass is 9.50. The molecule has 4 saturated carbocycles. The molecule has 0 aliphatic heterocycles. The molecule has 96 valence electrons. The van der Waals surface area contributed by atoms with Crippen molar-refractivity contribution in [3.63, 3.8) is 0 Å². The Balaban J connectivity index is 1.80. The van der Waals surface area contributed by atoms with Crippen LogP contribution < -0.4 is 0 Å². The van der Waals surface area contributed by atoms with Crippen LogP contribution >= 0.6 is 0 Å². The summed E-state index contributed by atoms with van der Waals surface area (Å²) >= 11 is 0. The summed E-state index contributed by atoms with van der Waals surface area (Å²) in [6.45, 7) is 1.88. The highest BCUT2D eigenvalue weighted by Gasteiger charge is 2.57. The Morgan fingerprint density at radius 1 is 1.12 bits per heavy atom. The highest BCUT2D eigenvalue weighted by molar-refractivity contribution is 5.73. The molecule has 0 aromatic carbocycles. The first-order chi connectivity index (χ1) is 7.99. The number of carbonyl (C=O) groups is 1. The first-order valence-corrected chi connectivity index (χ1v) is 6.50. The lowest BCUT2D eigenvalue weighted by Gasteiger charge is -2.58. The summed E-state index contributed by atoms with van der Waals surface area (Å²) in [5, 5.41) is 0. The summed E-state index contributed by atoms with van der Waals surface area (Å²) in [4.78, 5) is 11.2. The third-order valence-electron chi connectivity index (χ3n) is 5.26. The lowest BCUT2D eigenvalue weighted by molar-refractivity contribution is -0.212. The van der Waals surface area contributed by atoms with Crippen molar-refractivity contribution in [1.82, 2.24) is 0 Å². The van der Waals surface area contributed by atoms with Crippen LogP contribution in [0.15, 0.2) is 0 Å². The van der Waals surface area contributed by atoms with E-state index < -0.39 is 18.0 Å². The van der Waals surface area contributed by atoms with E-state index in [4.69, 9.17) is 4.74 Å². The molecule has 4 aliphatic carbocycles. The standard InChI is InChI=1S/C13H18F2O2/c1-13(17-12(16)11(14)15)9-3-7-2-8(5-9)6-10(13)4-7/h7-11H,2-6H2,1H3. The van der Waals surface area contributed by atoms with Gasteiger partial charge >= 0.3 is 12.4 Å². The molecule has 0 N–H and O–H groups in total. The van der Waals surface area contributed by atoms with Gasteiger partial charge in [-0.1, -0.05) is 0 Å². The van der Waals surface area contributed by atoms with Crippen LogP contribution in [-0.4, -0.2) is 18.0 Å². The Morgan fingerprint density at radius 2 is 1.59 bits per heavy atom. The van der Waals surface area contributed by atoms with Crippen molar-refractivity contribution >= 4 is 5.97 Å². The van der Waals surface area contributed by atoms with Crippen molar-refractivity contribution in [2.75, 3.05) is 0 Å². The number of hydrogen-bond acceptors (Lipinski definition) is 2. The highest BCUT2D eigenvalue weighted by atomic mass is 19.3. The third kappa shape index (κ3) is 1.67. The molecule has 0 amide bonds. The van der Waals surface area contributed by atoms with Gasteiger partial charge in [0.2, 0.25) is 0 Å². The normalized spacial score (nSPS) is 47.5. The summed E-state index contributed by atoms with van der Waals surface area (Å²) in [6, 6.07) is 0. The van der Waals surface area contributed by atoms with Crippen LogP contribution in [0, 0.1) is 23.7 Å². The summed E-state index contributed by atoms with van der Waals surface area (Å²) in [5.41, 5.74) is -0.624. The maximum atomic E-state index is 12.3. The summed E-state index contributed by atoms with van der Waals surface area (Å²) in [7, 11) is 0. The van der Waals surface area contributed by atoms with Gasteiger partial charge in [0.25, 0.3) is 0 Å². The second kappa shape index (κ2) is 3.66. The average Bonchev–Trinajstić information content (AvgIpc) is 2.25. The molecule has 4 aliphatic rings. The van der Waals surface area contributed by atoms with Crippen molar-refractivity contribution in [1.29, 1.82) is 0 Å². The Bertz CT molecular complexity index is 312. The van der Waals surface area contributed by atoms with Gasteiger partial charge in [0.1, 0.15) is 5.60 Å². The predicted octanol–water partition coefficient (Wildman–Crippen LogP) is 3.01. The maximum Gasteiger partial charge on any atom is 0.374 e. The third-order valence-corrected chi connectivity index (χ3v) is 5.26. The van der Waals surface area contributed by atoms with E-state index in [2.05, 4.69) is 0 Å². The molecule has 0 aromatic rings. The van der Waals surface area contributed by atoms with Crippen molar-refractivity contribution in [3.05, 3.63) is 0 Å². The van der Waals surface area contributed by atoms with Gasteiger partial charge in [-0.15, -0.1) is 0 Å². The van der Waals surface area contributed by atoms with Gasteiger partial charge in [0.05, 0.1) is 0 Å². The number of alkyl halides is 2. The zero-order valence-electron chi connectivity index (χ0n) is 9.99. The zero-order chi connectivity index (χ0) is 12.2. The largest absolute Gasteiger partial charge is 0.455 e. The molecule has 0 spiro atoms. The molecule has 4 heteroatoms. The lowest BCUT2D eigenvalue weighted by Crippen LogP contribution is -2.58. The minimum atomic E-state index is -3.00. The monoisotopic (exact) mass is 244 g/mol. The SMILES string of the molecule is CC1(OC(=O)C(F)F)C2CC3CC(C2)CC1C3. The number of esters is 1. The molecule has 0 heterocycles. The van der Waals surface area contributed by atoms with Crippen LogP contribution in [0.1, 0.15) is 39.0 Å². The van der Waals surface area contributed by atoms with Crippen LogP contribution in [0.4, 0.5) is 8.78 Å². The van der Waals surface area contributed by atoms with E-state index in [1.165, 1.54) is 6.42 Å². The van der Waals surface area contributed by atoms with E-state index in [0.717, 1.165) is 37.5 Å². The number of rotatable bonds is 2. The number of halogens is 2. The van der Waals surface area contributed by atoms with Crippen molar-refractivity contribution < 1.29 is 18.3 Å². The van der Waals surface area contributed by atoms with E-state index in [-0.39, 0.29) is 0 Å². The molecule has 17 heavy (non-hydrogen) atoms. The highest BCUT2D eigenvalue weighted by Crippen LogP contribution is 2.59. The summed E-state index contributed by atoms with van der Waals surface area (Å²) in [5.74, 6) is 0.773. The van der Waals surface area contributed by atoms with Gasteiger partial charge in [-0.25, -0.2) is 4.79 Å². The van der Waals surface area contributed by atoms with Crippen LogP contribution in [0.2, 0.25) is 0 Å². The molecular weight excluding hydrogens is 226 g/mol. The van der Waals surface area contributed by atoms with Crippen LogP contribution in [-0.2, 0) is 9.53 Å². The number of carbonyl (C=O) groups excluding carboxylic acids is 1. The molecule has 4 fully saturated rings. The molecule has 0 unspecified atom stereocenters. The molecular formula is C13H18F2O2. The first-order valence-electron chi connectivity index (χ1n) is 6.50. The summed E-state index contributed by atoms with van der Waals surface area (Å²) < 4.78 is 29.9. The van der Waals surface area contributed by atoms with Gasteiger partial charge in [0, 0.05) is 0 Å². The Kier molecular flexibility index (Phi) is 2.46. The Hall–Kier alpha value is -0.670. The molecule has 0 aromatic heterocycles. The van der Waals surface area contributed by atoms with Crippen LogP contribution in [0.5, 0.6) is 0 Å². The van der Waals surface area contributed by atoms with Crippen molar-refractivity contribution in [2.45, 2.75) is 51.1 Å². The minimum Gasteiger partial charge on any atom is -0.455 e. The van der Waals surface area contributed by atoms with Gasteiger partial charge in [-0.2, -0.15) is 8.78 Å². The molecule has 4 bridgehead atoms. The van der Waals surface area contributed by atoms with E-state index in [1.807, 2.05) is 6.92 Å². The maximum absolute atomic E-state index is 12.3. The fraction of sp³-hybridized carbons (Fsp3) is 0.923. The molecule has 2 nitrogen and oxygen atoms in total. The van der Waals surface area contributed by atoms with Crippen LogP contribution in [0.25, 0.3) is 0 Å². The van der Waals surface area contributed by atoms with E-state index in [9.17, 15) is 13.6 Å². The topological polar surface area (TPSA) is 26.3 Å². The van der Waals surface area contributed by atoms with Crippen molar-refractivity contribution in [3.8, 4) is 0 Å². The Labute approximate surface area is 99.7 Å². The molecule has 0 saturated heterocycles. The zero-order valence-corrected chi connectivity index (χ0v) is 9.99. The molecule has 4 rings (SSSR count). The second-order valence-corrected chi connectivity index (χ2v) is 6.21. The second-order valence-electron chi connectivity index (χ2n) is 6.21. The van der Waals surface area contributed by atoms with Crippen LogP contribution in [0.3, 0.4) is 0 Å². The Morgan fingerprint density at radius 3 is 2.00 bits per heavy atom.